The van der Waals surface area contributed by atoms with Crippen molar-refractivity contribution in [1.82, 2.24) is 15.5 Å². The summed E-state index contributed by atoms with van der Waals surface area (Å²) in [6, 6.07) is 1.01. The lowest BCUT2D eigenvalue weighted by atomic mass is 9.46. The SMILES string of the molecule is CCN=C(NC(C)CCCN(CC)CC)NC1C2CCOC2C12CCC2.I. The van der Waals surface area contributed by atoms with Gasteiger partial charge in [0, 0.05) is 36.6 Å². The molecular formula is C21H41IN4O. The van der Waals surface area contributed by atoms with Gasteiger partial charge in [0.15, 0.2) is 5.96 Å². The molecule has 1 heterocycles. The van der Waals surface area contributed by atoms with Crippen molar-refractivity contribution >= 4 is 29.9 Å². The molecule has 6 heteroatoms. The van der Waals surface area contributed by atoms with E-state index in [1.807, 2.05) is 0 Å². The molecule has 0 aromatic heterocycles. The Bertz CT molecular complexity index is 479. The van der Waals surface area contributed by atoms with Gasteiger partial charge in [-0.2, -0.15) is 0 Å². The minimum atomic E-state index is 0. The van der Waals surface area contributed by atoms with Gasteiger partial charge < -0.3 is 20.3 Å². The normalized spacial score (nSPS) is 29.5. The molecule has 0 bridgehead atoms. The smallest absolute Gasteiger partial charge is 0.191 e. The van der Waals surface area contributed by atoms with Crippen molar-refractivity contribution in [1.29, 1.82) is 0 Å². The standard InChI is InChI=1S/C21H40N4O.HI/c1-5-22-20(23-16(4)10-8-14-25(6-2)7-3)24-18-17-11-15-26-19(17)21(18)12-9-13-21;/h16-19H,5-15H2,1-4H3,(H2,22,23,24);1H. The third kappa shape index (κ3) is 4.92. The second-order valence-electron chi connectivity index (χ2n) is 8.49. The molecule has 2 saturated carbocycles. The highest BCUT2D eigenvalue weighted by Crippen LogP contribution is 2.62. The summed E-state index contributed by atoms with van der Waals surface area (Å²) in [5, 5.41) is 7.49. The Balaban J connectivity index is 0.00000261. The van der Waals surface area contributed by atoms with Gasteiger partial charge in [0.1, 0.15) is 0 Å². The van der Waals surface area contributed by atoms with Gasteiger partial charge in [0.2, 0.25) is 0 Å². The van der Waals surface area contributed by atoms with Crippen LogP contribution in [-0.4, -0.2) is 61.8 Å². The van der Waals surface area contributed by atoms with Gasteiger partial charge in [-0.25, -0.2) is 0 Å². The number of rotatable bonds is 9. The summed E-state index contributed by atoms with van der Waals surface area (Å²) in [7, 11) is 0. The second-order valence-corrected chi connectivity index (χ2v) is 8.49. The lowest BCUT2D eigenvalue weighted by Gasteiger charge is -2.63. The van der Waals surface area contributed by atoms with Crippen LogP contribution in [0.1, 0.15) is 66.2 Å². The third-order valence-corrected chi connectivity index (χ3v) is 7.03. The first-order chi connectivity index (χ1) is 12.6. The van der Waals surface area contributed by atoms with Crippen LogP contribution in [0.3, 0.4) is 0 Å². The zero-order valence-electron chi connectivity index (χ0n) is 17.8. The van der Waals surface area contributed by atoms with Crippen molar-refractivity contribution < 1.29 is 4.74 Å². The largest absolute Gasteiger partial charge is 0.377 e. The van der Waals surface area contributed by atoms with E-state index >= 15 is 0 Å². The molecule has 1 aliphatic heterocycles. The first-order valence-electron chi connectivity index (χ1n) is 11.1. The minimum absolute atomic E-state index is 0. The van der Waals surface area contributed by atoms with Crippen molar-refractivity contribution in [2.45, 2.75) is 84.4 Å². The molecular weight excluding hydrogens is 451 g/mol. The Kier molecular flexibility index (Phi) is 9.13. The second kappa shape index (κ2) is 10.6. The molecule has 5 nitrogen and oxygen atoms in total. The monoisotopic (exact) mass is 492 g/mol. The van der Waals surface area contributed by atoms with Crippen LogP contribution in [0.25, 0.3) is 0 Å². The van der Waals surface area contributed by atoms with E-state index in [0.29, 0.717) is 29.5 Å². The summed E-state index contributed by atoms with van der Waals surface area (Å²) >= 11 is 0. The first-order valence-corrected chi connectivity index (χ1v) is 11.1. The van der Waals surface area contributed by atoms with Crippen molar-refractivity contribution in [2.75, 3.05) is 32.8 Å². The molecule has 4 unspecified atom stereocenters. The van der Waals surface area contributed by atoms with Crippen LogP contribution >= 0.6 is 24.0 Å². The maximum Gasteiger partial charge on any atom is 0.191 e. The van der Waals surface area contributed by atoms with E-state index in [1.54, 1.807) is 0 Å². The zero-order valence-corrected chi connectivity index (χ0v) is 20.1. The molecule has 2 aliphatic carbocycles. The molecule has 0 amide bonds. The van der Waals surface area contributed by atoms with E-state index in [-0.39, 0.29) is 24.0 Å². The van der Waals surface area contributed by atoms with Crippen molar-refractivity contribution in [3.8, 4) is 0 Å². The molecule has 27 heavy (non-hydrogen) atoms. The van der Waals surface area contributed by atoms with Gasteiger partial charge in [-0.05, 0) is 65.6 Å². The molecule has 3 rings (SSSR count). The van der Waals surface area contributed by atoms with E-state index in [2.05, 4.69) is 43.2 Å². The maximum atomic E-state index is 6.05. The first kappa shape index (κ1) is 23.2. The number of nitrogens with zero attached hydrogens (tertiary/aromatic N) is 2. The molecule has 2 N–H and O–H groups in total. The molecule has 1 saturated heterocycles. The van der Waals surface area contributed by atoms with Crippen molar-refractivity contribution in [3.63, 3.8) is 0 Å². The van der Waals surface area contributed by atoms with Crippen LogP contribution in [0.4, 0.5) is 0 Å². The fourth-order valence-corrected chi connectivity index (χ4v) is 5.36. The number of nitrogens with one attached hydrogen (secondary N) is 2. The minimum Gasteiger partial charge on any atom is -0.377 e. The third-order valence-electron chi connectivity index (χ3n) is 7.03. The van der Waals surface area contributed by atoms with E-state index in [1.165, 1.54) is 45.1 Å². The highest BCUT2D eigenvalue weighted by atomic mass is 127. The Morgan fingerprint density at radius 2 is 2.00 bits per heavy atom. The van der Waals surface area contributed by atoms with Crippen molar-refractivity contribution in [2.24, 2.45) is 16.3 Å². The van der Waals surface area contributed by atoms with Crippen molar-refractivity contribution in [3.05, 3.63) is 0 Å². The predicted octanol–water partition coefficient (Wildman–Crippen LogP) is 3.63. The van der Waals surface area contributed by atoms with Gasteiger partial charge in [0.25, 0.3) is 0 Å². The summed E-state index contributed by atoms with van der Waals surface area (Å²) in [6.45, 7) is 14.2. The molecule has 3 aliphatic rings. The summed E-state index contributed by atoms with van der Waals surface area (Å²) in [5.74, 6) is 1.71. The van der Waals surface area contributed by atoms with Crippen LogP contribution in [0, 0.1) is 11.3 Å². The molecule has 0 aromatic carbocycles. The summed E-state index contributed by atoms with van der Waals surface area (Å²) in [4.78, 5) is 7.24. The molecule has 4 atom stereocenters. The Labute approximate surface area is 183 Å². The van der Waals surface area contributed by atoms with Gasteiger partial charge >= 0.3 is 0 Å². The molecule has 1 spiro atoms. The summed E-state index contributed by atoms with van der Waals surface area (Å²) in [6.07, 6.45) is 8.16. The number of guanidine groups is 1. The predicted molar refractivity (Wildman–Crippen MR) is 124 cm³/mol. The lowest BCUT2D eigenvalue weighted by molar-refractivity contribution is -0.171. The van der Waals surface area contributed by atoms with E-state index in [0.717, 1.165) is 32.2 Å². The van der Waals surface area contributed by atoms with E-state index in [4.69, 9.17) is 9.73 Å². The number of hydrogen-bond donors (Lipinski definition) is 2. The summed E-state index contributed by atoms with van der Waals surface area (Å²) in [5.41, 5.74) is 0.406. The maximum absolute atomic E-state index is 6.05. The summed E-state index contributed by atoms with van der Waals surface area (Å²) < 4.78 is 6.05. The fraction of sp³-hybridized carbons (Fsp3) is 0.952. The number of aliphatic imine (C=N–C) groups is 1. The molecule has 3 fully saturated rings. The highest BCUT2D eigenvalue weighted by molar-refractivity contribution is 14.0. The average molecular weight is 492 g/mol. The lowest BCUT2D eigenvalue weighted by Crippen LogP contribution is -2.72. The van der Waals surface area contributed by atoms with Gasteiger partial charge in [-0.1, -0.05) is 20.3 Å². The Hall–Kier alpha value is -0.0800. The van der Waals surface area contributed by atoms with Crippen LogP contribution in [0.2, 0.25) is 0 Å². The highest BCUT2D eigenvalue weighted by Gasteiger charge is 2.66. The quantitative estimate of drug-likeness (QED) is 0.293. The number of ether oxygens (including phenoxy) is 1. The van der Waals surface area contributed by atoms with Crippen LogP contribution in [0.5, 0.6) is 0 Å². The Morgan fingerprint density at radius 1 is 1.26 bits per heavy atom. The number of hydrogen-bond acceptors (Lipinski definition) is 3. The molecule has 0 aromatic rings. The van der Waals surface area contributed by atoms with E-state index < -0.39 is 0 Å². The Morgan fingerprint density at radius 3 is 2.59 bits per heavy atom. The van der Waals surface area contributed by atoms with Gasteiger partial charge in [0.05, 0.1) is 6.10 Å². The zero-order chi connectivity index (χ0) is 18.6. The van der Waals surface area contributed by atoms with Gasteiger partial charge in [-0.3, -0.25) is 4.99 Å². The average Bonchev–Trinajstić information content (AvgIpc) is 3.00. The van der Waals surface area contributed by atoms with Gasteiger partial charge in [-0.15, -0.1) is 24.0 Å². The van der Waals surface area contributed by atoms with Crippen LogP contribution in [0.15, 0.2) is 4.99 Å². The van der Waals surface area contributed by atoms with Crippen LogP contribution < -0.4 is 10.6 Å². The fourth-order valence-electron chi connectivity index (χ4n) is 5.36. The molecule has 158 valence electrons. The topological polar surface area (TPSA) is 48.9 Å². The number of halogens is 1. The van der Waals surface area contributed by atoms with E-state index in [9.17, 15) is 0 Å². The molecule has 0 radical (unpaired) electrons. The number of fused-ring (bicyclic) bond motifs is 2. The van der Waals surface area contributed by atoms with Crippen LogP contribution in [-0.2, 0) is 4.74 Å².